The van der Waals surface area contributed by atoms with Crippen LogP contribution in [-0.2, 0) is 16.8 Å². The van der Waals surface area contributed by atoms with E-state index in [4.69, 9.17) is 0 Å². The molecule has 7 nitrogen and oxygen atoms in total. The summed E-state index contributed by atoms with van der Waals surface area (Å²) in [5.74, 6) is 0.490. The van der Waals surface area contributed by atoms with E-state index in [1.54, 1.807) is 37.2 Å². The van der Waals surface area contributed by atoms with E-state index in [-0.39, 0.29) is 23.4 Å². The van der Waals surface area contributed by atoms with Gasteiger partial charge in [-0.2, -0.15) is 0 Å². The van der Waals surface area contributed by atoms with Crippen LogP contribution in [0.25, 0.3) is 0 Å². The van der Waals surface area contributed by atoms with Gasteiger partial charge in [0.05, 0.1) is 11.9 Å². The molecular formula is C23H31N5O2. The molecule has 1 aliphatic heterocycles. The third-order valence-corrected chi connectivity index (χ3v) is 5.20. The molecule has 2 aromatic rings. The Bertz CT molecular complexity index is 945. The molecule has 3 heterocycles. The summed E-state index contributed by atoms with van der Waals surface area (Å²) >= 11 is 0. The van der Waals surface area contributed by atoms with E-state index >= 15 is 0 Å². The Balaban J connectivity index is 1.87. The fraction of sp³-hybridized carbons (Fsp3) is 0.478. The molecule has 0 saturated carbocycles. The van der Waals surface area contributed by atoms with Crippen LogP contribution in [0.4, 0.5) is 16.3 Å². The number of hydrogen-bond acceptors (Lipinski definition) is 5. The zero-order valence-corrected chi connectivity index (χ0v) is 18.9. The average Bonchev–Trinajstić information content (AvgIpc) is 2.81. The second-order valence-electron chi connectivity index (χ2n) is 9.57. The van der Waals surface area contributed by atoms with Crippen LogP contribution in [-0.4, -0.2) is 38.4 Å². The summed E-state index contributed by atoms with van der Waals surface area (Å²) in [5.41, 5.74) is 1.24. The van der Waals surface area contributed by atoms with Crippen LogP contribution in [0.15, 0.2) is 36.7 Å². The van der Waals surface area contributed by atoms with E-state index in [0.717, 1.165) is 17.1 Å². The molecule has 0 atom stereocenters. The van der Waals surface area contributed by atoms with Crippen molar-refractivity contribution in [1.29, 1.82) is 0 Å². The number of carbonyl (C=O) groups is 2. The molecule has 3 rings (SSSR count). The van der Waals surface area contributed by atoms with Crippen molar-refractivity contribution in [3.63, 3.8) is 0 Å². The molecule has 0 bridgehead atoms. The normalized spacial score (nSPS) is 16.5. The highest BCUT2D eigenvalue weighted by molar-refractivity contribution is 6.22. The maximum absolute atomic E-state index is 13.3. The lowest BCUT2D eigenvalue weighted by atomic mass is 9.92. The van der Waals surface area contributed by atoms with Crippen LogP contribution in [0, 0.1) is 0 Å². The Morgan fingerprint density at radius 3 is 2.37 bits per heavy atom. The Kier molecular flexibility index (Phi) is 5.58. The van der Waals surface area contributed by atoms with Crippen molar-refractivity contribution in [3.8, 4) is 0 Å². The lowest BCUT2D eigenvalue weighted by Gasteiger charge is -2.27. The molecule has 2 aromatic heterocycles. The molecule has 0 radical (unpaired) electrons. The van der Waals surface area contributed by atoms with Crippen molar-refractivity contribution >= 4 is 23.4 Å². The monoisotopic (exact) mass is 409 g/mol. The molecule has 160 valence electrons. The summed E-state index contributed by atoms with van der Waals surface area (Å²) in [5, 5.41) is 3.26. The molecule has 3 amide bonds. The summed E-state index contributed by atoms with van der Waals surface area (Å²) < 4.78 is 0. The predicted octanol–water partition coefficient (Wildman–Crippen LogP) is 4.34. The molecule has 1 N–H and O–H groups in total. The number of amides is 3. The third-order valence-electron chi connectivity index (χ3n) is 5.20. The fourth-order valence-electron chi connectivity index (χ4n) is 3.42. The number of pyridine rings is 2. The number of imide groups is 1. The highest BCUT2D eigenvalue weighted by Crippen LogP contribution is 2.34. The number of urea groups is 1. The first-order valence-electron chi connectivity index (χ1n) is 10.3. The third kappa shape index (κ3) is 4.15. The van der Waals surface area contributed by atoms with Gasteiger partial charge in [0.25, 0.3) is 5.91 Å². The molecule has 7 heteroatoms. The van der Waals surface area contributed by atoms with Crippen LogP contribution >= 0.6 is 0 Å². The minimum absolute atomic E-state index is 0.105. The molecule has 0 spiro atoms. The van der Waals surface area contributed by atoms with Crippen molar-refractivity contribution in [1.82, 2.24) is 14.9 Å². The van der Waals surface area contributed by atoms with E-state index in [1.165, 1.54) is 4.90 Å². The number of nitrogens with zero attached hydrogens (tertiary/aromatic N) is 4. The molecule has 1 aliphatic rings. The van der Waals surface area contributed by atoms with E-state index in [1.807, 2.05) is 32.0 Å². The topological polar surface area (TPSA) is 78.4 Å². The van der Waals surface area contributed by atoms with E-state index in [0.29, 0.717) is 12.2 Å². The van der Waals surface area contributed by atoms with Gasteiger partial charge in [0.1, 0.15) is 11.4 Å². The van der Waals surface area contributed by atoms with Gasteiger partial charge in [0.2, 0.25) is 0 Å². The van der Waals surface area contributed by atoms with E-state index < -0.39 is 5.54 Å². The van der Waals surface area contributed by atoms with Crippen LogP contribution < -0.4 is 10.2 Å². The largest absolute Gasteiger partial charge is 0.368 e. The second kappa shape index (κ2) is 7.70. The minimum Gasteiger partial charge on any atom is -0.368 e. The van der Waals surface area contributed by atoms with Crippen LogP contribution in [0.5, 0.6) is 0 Å². The first kappa shape index (κ1) is 21.7. The zero-order chi connectivity index (χ0) is 22.3. The van der Waals surface area contributed by atoms with Gasteiger partial charge >= 0.3 is 6.03 Å². The molecule has 0 unspecified atom stereocenters. The quantitative estimate of drug-likeness (QED) is 0.743. The number of hydrogen-bond donors (Lipinski definition) is 1. The molecular weight excluding hydrogens is 378 g/mol. The van der Waals surface area contributed by atoms with Crippen molar-refractivity contribution in [3.05, 3.63) is 47.9 Å². The lowest BCUT2D eigenvalue weighted by Crippen LogP contribution is -2.43. The Hall–Kier alpha value is -2.96. The van der Waals surface area contributed by atoms with Gasteiger partial charge in [-0.05, 0) is 57.5 Å². The van der Waals surface area contributed by atoms with Gasteiger partial charge in [-0.3, -0.25) is 9.78 Å². The van der Waals surface area contributed by atoms with Crippen molar-refractivity contribution in [2.45, 2.75) is 72.0 Å². The van der Waals surface area contributed by atoms with Crippen molar-refractivity contribution in [2.75, 3.05) is 10.2 Å². The summed E-state index contributed by atoms with van der Waals surface area (Å²) in [6.45, 7) is 14.2. The van der Waals surface area contributed by atoms with Gasteiger partial charge in [0, 0.05) is 29.9 Å². The summed E-state index contributed by atoms with van der Waals surface area (Å²) in [6.07, 6.45) is 3.31. The van der Waals surface area contributed by atoms with E-state index in [9.17, 15) is 9.59 Å². The SMILES string of the molecule is CC(C)Nc1cc(CN2C(=O)N(c3ccc(C(C)(C)C)nc3)C(=O)C2(C)C)ccn1. The van der Waals surface area contributed by atoms with E-state index in [2.05, 4.69) is 36.1 Å². The van der Waals surface area contributed by atoms with Gasteiger partial charge < -0.3 is 10.2 Å². The molecule has 30 heavy (non-hydrogen) atoms. The summed E-state index contributed by atoms with van der Waals surface area (Å²) in [6, 6.07) is 7.35. The van der Waals surface area contributed by atoms with Crippen molar-refractivity contribution in [2.24, 2.45) is 0 Å². The molecule has 1 fully saturated rings. The van der Waals surface area contributed by atoms with Crippen molar-refractivity contribution < 1.29 is 9.59 Å². The second-order valence-corrected chi connectivity index (χ2v) is 9.57. The fourth-order valence-corrected chi connectivity index (χ4v) is 3.42. The maximum Gasteiger partial charge on any atom is 0.332 e. The Morgan fingerprint density at radius 1 is 1.10 bits per heavy atom. The maximum atomic E-state index is 13.3. The highest BCUT2D eigenvalue weighted by atomic mass is 16.2. The predicted molar refractivity (Wildman–Crippen MR) is 118 cm³/mol. The minimum atomic E-state index is -0.964. The van der Waals surface area contributed by atoms with Gasteiger partial charge in [-0.15, -0.1) is 0 Å². The number of nitrogens with one attached hydrogen (secondary N) is 1. The highest BCUT2D eigenvalue weighted by Gasteiger charge is 2.51. The van der Waals surface area contributed by atoms with Gasteiger partial charge in [0.15, 0.2) is 0 Å². The number of rotatable bonds is 5. The number of aromatic nitrogens is 2. The first-order chi connectivity index (χ1) is 13.9. The average molecular weight is 410 g/mol. The van der Waals surface area contributed by atoms with Gasteiger partial charge in [-0.25, -0.2) is 14.7 Å². The van der Waals surface area contributed by atoms with Crippen LogP contribution in [0.3, 0.4) is 0 Å². The molecule has 0 aromatic carbocycles. The van der Waals surface area contributed by atoms with Gasteiger partial charge in [-0.1, -0.05) is 20.8 Å². The molecule has 0 aliphatic carbocycles. The summed E-state index contributed by atoms with van der Waals surface area (Å²) in [7, 11) is 0. The molecule has 1 saturated heterocycles. The summed E-state index contributed by atoms with van der Waals surface area (Å²) in [4.78, 5) is 38.0. The number of carbonyl (C=O) groups excluding carboxylic acids is 2. The number of anilines is 2. The van der Waals surface area contributed by atoms with Crippen LogP contribution in [0.1, 0.15) is 59.7 Å². The Labute approximate surface area is 178 Å². The smallest absolute Gasteiger partial charge is 0.332 e. The van der Waals surface area contributed by atoms with Crippen LogP contribution in [0.2, 0.25) is 0 Å². The zero-order valence-electron chi connectivity index (χ0n) is 18.9. The lowest BCUT2D eigenvalue weighted by molar-refractivity contribution is -0.123. The standard InChI is InChI=1S/C23H31N5O2/c1-15(2)26-19-12-16(10-11-24-19)14-27-21(30)28(20(29)23(27,6)7)17-8-9-18(25-13-17)22(3,4)5/h8-13,15H,14H2,1-7H3,(H,24,26). The first-order valence-corrected chi connectivity index (χ1v) is 10.3. The Morgan fingerprint density at radius 2 is 1.80 bits per heavy atom.